The van der Waals surface area contributed by atoms with Crippen LogP contribution in [-0.2, 0) is 0 Å². The Hall–Kier alpha value is -0.960. The number of nitrogens with zero attached hydrogens (tertiary/aromatic N) is 1. The molecule has 0 unspecified atom stereocenters. The second-order valence-electron chi connectivity index (χ2n) is 3.31. The van der Waals surface area contributed by atoms with Crippen LogP contribution in [0.3, 0.4) is 0 Å². The van der Waals surface area contributed by atoms with Gasteiger partial charge < -0.3 is 4.74 Å². The third-order valence-corrected chi connectivity index (χ3v) is 3.52. The molecule has 0 aliphatic heterocycles. The number of benzene rings is 1. The first-order valence-corrected chi connectivity index (χ1v) is 5.91. The lowest BCUT2D eigenvalue weighted by Gasteiger charge is -2.07. The van der Waals surface area contributed by atoms with Gasteiger partial charge in [0.25, 0.3) is 0 Å². The Kier molecular flexibility index (Phi) is 3.77. The van der Waals surface area contributed by atoms with Gasteiger partial charge in [-0.3, -0.25) is 4.98 Å². The maximum Gasteiger partial charge on any atom is 0.118 e. The summed E-state index contributed by atoms with van der Waals surface area (Å²) in [6.45, 7) is 0. The molecule has 5 heteroatoms. The number of hydrogen-bond acceptors (Lipinski definition) is 2. The molecule has 1 aromatic carbocycles. The summed E-state index contributed by atoms with van der Waals surface area (Å²) in [5.74, 6) is 0.768. The SMILES string of the molecule is COc1ccc(-c2ncc(Cl)c(Cl)c2Cl)cc1. The van der Waals surface area contributed by atoms with Crippen molar-refractivity contribution in [2.24, 2.45) is 0 Å². The number of ether oxygens (including phenoxy) is 1. The molecule has 0 fully saturated rings. The molecule has 88 valence electrons. The molecule has 2 rings (SSSR count). The number of halogens is 3. The Morgan fingerprint density at radius 1 is 1.00 bits per heavy atom. The molecule has 2 aromatic rings. The molecule has 0 N–H and O–H groups in total. The van der Waals surface area contributed by atoms with E-state index in [2.05, 4.69) is 4.98 Å². The molecule has 0 saturated heterocycles. The monoisotopic (exact) mass is 287 g/mol. The summed E-state index contributed by atoms with van der Waals surface area (Å²) in [4.78, 5) is 4.18. The van der Waals surface area contributed by atoms with Crippen LogP contribution in [0.2, 0.25) is 15.1 Å². The van der Waals surface area contributed by atoms with E-state index in [-0.39, 0.29) is 0 Å². The van der Waals surface area contributed by atoms with Crippen molar-refractivity contribution in [3.63, 3.8) is 0 Å². The zero-order valence-corrected chi connectivity index (χ0v) is 11.1. The van der Waals surface area contributed by atoms with Crippen LogP contribution in [0.1, 0.15) is 0 Å². The molecule has 0 aliphatic rings. The summed E-state index contributed by atoms with van der Waals surface area (Å²) >= 11 is 17.9. The number of aromatic nitrogens is 1. The van der Waals surface area contributed by atoms with Crippen molar-refractivity contribution in [2.75, 3.05) is 7.11 Å². The summed E-state index contributed by atoms with van der Waals surface area (Å²) in [5, 5.41) is 1.01. The molecule has 0 saturated carbocycles. The highest BCUT2D eigenvalue weighted by Crippen LogP contribution is 2.36. The minimum atomic E-state index is 0.314. The average Bonchev–Trinajstić information content (AvgIpc) is 2.36. The standard InChI is InChI=1S/C12H8Cl3NO/c1-17-8-4-2-7(3-5-8)12-11(15)10(14)9(13)6-16-12/h2-6H,1H3. The molecule has 0 spiro atoms. The molecular weight excluding hydrogens is 280 g/mol. The maximum absolute atomic E-state index is 6.10. The van der Waals surface area contributed by atoms with Gasteiger partial charge in [-0.25, -0.2) is 0 Å². The first-order valence-electron chi connectivity index (χ1n) is 4.77. The quantitative estimate of drug-likeness (QED) is 0.798. The lowest BCUT2D eigenvalue weighted by Crippen LogP contribution is -1.88. The van der Waals surface area contributed by atoms with E-state index in [1.807, 2.05) is 24.3 Å². The van der Waals surface area contributed by atoms with Crippen molar-refractivity contribution in [3.8, 4) is 17.0 Å². The third kappa shape index (κ3) is 2.49. The summed E-state index contributed by atoms with van der Waals surface area (Å²) in [6, 6.07) is 7.38. The lowest BCUT2D eigenvalue weighted by atomic mass is 10.1. The Morgan fingerprint density at radius 2 is 1.65 bits per heavy atom. The van der Waals surface area contributed by atoms with E-state index in [1.165, 1.54) is 6.20 Å². The molecular formula is C12H8Cl3NO. The van der Waals surface area contributed by atoms with Crippen molar-refractivity contribution >= 4 is 34.8 Å². The van der Waals surface area contributed by atoms with E-state index in [4.69, 9.17) is 39.5 Å². The van der Waals surface area contributed by atoms with Crippen LogP contribution in [0.5, 0.6) is 5.75 Å². The third-order valence-electron chi connectivity index (χ3n) is 2.28. The van der Waals surface area contributed by atoms with Crippen molar-refractivity contribution in [3.05, 3.63) is 45.5 Å². The van der Waals surface area contributed by atoms with Gasteiger partial charge in [0.2, 0.25) is 0 Å². The van der Waals surface area contributed by atoms with Crippen LogP contribution < -0.4 is 4.74 Å². The van der Waals surface area contributed by atoms with Gasteiger partial charge in [0.05, 0.1) is 27.9 Å². The minimum Gasteiger partial charge on any atom is -0.497 e. The molecule has 2 nitrogen and oxygen atoms in total. The highest BCUT2D eigenvalue weighted by atomic mass is 35.5. The Balaban J connectivity index is 2.49. The summed E-state index contributed by atoms with van der Waals surface area (Å²) in [7, 11) is 1.61. The van der Waals surface area contributed by atoms with Gasteiger partial charge in [0.1, 0.15) is 5.75 Å². The number of rotatable bonds is 2. The fraction of sp³-hybridized carbons (Fsp3) is 0.0833. The minimum absolute atomic E-state index is 0.314. The number of pyridine rings is 1. The fourth-order valence-corrected chi connectivity index (χ4v) is 1.98. The van der Waals surface area contributed by atoms with Crippen LogP contribution in [0.15, 0.2) is 30.5 Å². The molecule has 1 heterocycles. The highest BCUT2D eigenvalue weighted by Gasteiger charge is 2.11. The van der Waals surface area contributed by atoms with Crippen LogP contribution in [0, 0.1) is 0 Å². The van der Waals surface area contributed by atoms with Crippen LogP contribution in [-0.4, -0.2) is 12.1 Å². The predicted molar refractivity (Wildman–Crippen MR) is 71.3 cm³/mol. The molecule has 0 amide bonds. The molecule has 0 aliphatic carbocycles. The first kappa shape index (κ1) is 12.5. The van der Waals surface area contributed by atoms with Crippen LogP contribution in [0.4, 0.5) is 0 Å². The fourth-order valence-electron chi connectivity index (χ4n) is 1.39. The van der Waals surface area contributed by atoms with Crippen LogP contribution in [0.25, 0.3) is 11.3 Å². The normalized spacial score (nSPS) is 10.4. The van der Waals surface area contributed by atoms with Crippen molar-refractivity contribution in [1.29, 1.82) is 0 Å². The Morgan fingerprint density at radius 3 is 2.24 bits per heavy atom. The largest absolute Gasteiger partial charge is 0.497 e. The summed E-state index contributed by atoms with van der Waals surface area (Å²) < 4.78 is 5.08. The molecule has 0 radical (unpaired) electrons. The van der Waals surface area contributed by atoms with Crippen molar-refractivity contribution < 1.29 is 4.74 Å². The van der Waals surface area contributed by atoms with Crippen molar-refractivity contribution in [2.45, 2.75) is 0 Å². The molecule has 17 heavy (non-hydrogen) atoms. The molecule has 0 atom stereocenters. The second kappa shape index (κ2) is 5.13. The van der Waals surface area contributed by atoms with E-state index in [0.717, 1.165) is 11.3 Å². The first-order chi connectivity index (χ1) is 8.13. The second-order valence-corrected chi connectivity index (χ2v) is 4.47. The lowest BCUT2D eigenvalue weighted by molar-refractivity contribution is 0.415. The summed E-state index contributed by atoms with van der Waals surface area (Å²) in [6.07, 6.45) is 1.48. The van der Waals surface area contributed by atoms with E-state index >= 15 is 0 Å². The van der Waals surface area contributed by atoms with E-state index in [9.17, 15) is 0 Å². The van der Waals surface area contributed by atoms with Gasteiger partial charge in [0.15, 0.2) is 0 Å². The van der Waals surface area contributed by atoms with Gasteiger partial charge in [-0.15, -0.1) is 0 Å². The Bertz CT molecular complexity index is 540. The number of methoxy groups -OCH3 is 1. The van der Waals surface area contributed by atoms with Gasteiger partial charge in [-0.05, 0) is 24.3 Å². The topological polar surface area (TPSA) is 22.1 Å². The molecule has 1 aromatic heterocycles. The maximum atomic E-state index is 6.10. The van der Waals surface area contributed by atoms with Gasteiger partial charge in [0, 0.05) is 11.8 Å². The smallest absolute Gasteiger partial charge is 0.118 e. The zero-order chi connectivity index (χ0) is 12.4. The van der Waals surface area contributed by atoms with E-state index < -0.39 is 0 Å². The summed E-state index contributed by atoms with van der Waals surface area (Å²) in [5.41, 5.74) is 1.46. The highest BCUT2D eigenvalue weighted by molar-refractivity contribution is 6.48. The van der Waals surface area contributed by atoms with Gasteiger partial charge >= 0.3 is 0 Å². The van der Waals surface area contributed by atoms with E-state index in [0.29, 0.717) is 20.8 Å². The Labute approximate surface area is 114 Å². The number of hydrogen-bond donors (Lipinski definition) is 0. The van der Waals surface area contributed by atoms with E-state index in [1.54, 1.807) is 7.11 Å². The predicted octanol–water partition coefficient (Wildman–Crippen LogP) is 4.72. The van der Waals surface area contributed by atoms with Gasteiger partial charge in [-0.1, -0.05) is 34.8 Å². The van der Waals surface area contributed by atoms with Crippen LogP contribution >= 0.6 is 34.8 Å². The van der Waals surface area contributed by atoms with Crippen molar-refractivity contribution in [1.82, 2.24) is 4.98 Å². The zero-order valence-electron chi connectivity index (χ0n) is 8.88. The average molecular weight is 289 g/mol. The molecule has 0 bridgehead atoms. The van der Waals surface area contributed by atoms with Gasteiger partial charge in [-0.2, -0.15) is 0 Å².